The average Bonchev–Trinajstić information content (AvgIpc) is 2.98. The van der Waals surface area contributed by atoms with Crippen molar-refractivity contribution >= 4 is 17.3 Å². The lowest BCUT2D eigenvalue weighted by Crippen LogP contribution is -2.21. The molecule has 20 heavy (non-hydrogen) atoms. The topological polar surface area (TPSA) is 12.0 Å². The second-order valence-corrected chi connectivity index (χ2v) is 6.38. The number of benzene rings is 1. The van der Waals surface area contributed by atoms with Crippen LogP contribution in [0.3, 0.4) is 0 Å². The lowest BCUT2D eigenvalue weighted by atomic mass is 9.89. The molecule has 1 nitrogen and oxygen atoms in total. The van der Waals surface area contributed by atoms with E-state index in [2.05, 4.69) is 5.32 Å². The van der Waals surface area contributed by atoms with Gasteiger partial charge in [-0.3, -0.25) is 0 Å². The van der Waals surface area contributed by atoms with Gasteiger partial charge in [-0.1, -0.05) is 24.1 Å². The van der Waals surface area contributed by atoms with Crippen molar-refractivity contribution < 1.29 is 13.2 Å². The van der Waals surface area contributed by atoms with E-state index in [1.165, 1.54) is 31.4 Å². The second kappa shape index (κ2) is 5.14. The van der Waals surface area contributed by atoms with Crippen LogP contribution in [0, 0.1) is 17.8 Å². The molecule has 0 spiro atoms. The van der Waals surface area contributed by atoms with Gasteiger partial charge >= 0.3 is 6.18 Å². The van der Waals surface area contributed by atoms with Crippen LogP contribution in [0.2, 0.25) is 5.02 Å². The Kier molecular flexibility index (Phi) is 3.61. The van der Waals surface area contributed by atoms with Gasteiger partial charge in [-0.05, 0) is 49.1 Å². The van der Waals surface area contributed by atoms with Crippen molar-refractivity contribution in [1.29, 1.82) is 0 Å². The fourth-order valence-corrected chi connectivity index (χ4v) is 4.04. The maximum absolute atomic E-state index is 13.0. The van der Waals surface area contributed by atoms with Crippen LogP contribution in [0.4, 0.5) is 18.9 Å². The minimum absolute atomic E-state index is 0.0319. The molecule has 3 atom stereocenters. The highest BCUT2D eigenvalue weighted by Gasteiger charge is 2.40. The molecule has 2 aliphatic rings. The fourth-order valence-electron chi connectivity index (χ4n) is 3.80. The molecule has 2 saturated carbocycles. The molecule has 1 aromatic rings. The van der Waals surface area contributed by atoms with Crippen molar-refractivity contribution in [2.75, 3.05) is 11.9 Å². The second-order valence-electron chi connectivity index (χ2n) is 5.98. The number of nitrogens with one attached hydrogen (secondary N) is 1. The van der Waals surface area contributed by atoms with Gasteiger partial charge in [0.2, 0.25) is 0 Å². The third kappa shape index (κ3) is 2.62. The molecule has 0 radical (unpaired) electrons. The Hall–Kier alpha value is -0.900. The van der Waals surface area contributed by atoms with E-state index in [4.69, 9.17) is 11.6 Å². The van der Waals surface area contributed by atoms with Gasteiger partial charge in [-0.15, -0.1) is 0 Å². The molecular formula is C15H17ClF3N. The smallest absolute Gasteiger partial charge is 0.383 e. The molecule has 3 unspecified atom stereocenters. The van der Waals surface area contributed by atoms with Gasteiger partial charge in [0.15, 0.2) is 0 Å². The quantitative estimate of drug-likeness (QED) is 0.808. The summed E-state index contributed by atoms with van der Waals surface area (Å²) in [5.74, 6) is 1.97. The summed E-state index contributed by atoms with van der Waals surface area (Å²) in [6.07, 6.45) is 0.541. The Bertz CT molecular complexity index is 500. The predicted molar refractivity (Wildman–Crippen MR) is 73.9 cm³/mol. The molecule has 0 aromatic heterocycles. The van der Waals surface area contributed by atoms with Gasteiger partial charge in [-0.2, -0.15) is 13.2 Å². The summed E-state index contributed by atoms with van der Waals surface area (Å²) in [5, 5.41) is 3.10. The van der Waals surface area contributed by atoms with E-state index < -0.39 is 11.7 Å². The van der Waals surface area contributed by atoms with Crippen molar-refractivity contribution in [3.63, 3.8) is 0 Å². The molecule has 0 heterocycles. The van der Waals surface area contributed by atoms with Gasteiger partial charge < -0.3 is 5.32 Å². The van der Waals surface area contributed by atoms with Crippen LogP contribution in [0.25, 0.3) is 0 Å². The van der Waals surface area contributed by atoms with Crippen LogP contribution in [-0.4, -0.2) is 6.54 Å². The number of alkyl halides is 3. The third-order valence-corrected chi connectivity index (χ3v) is 5.06. The van der Waals surface area contributed by atoms with Crippen LogP contribution in [0.1, 0.15) is 31.2 Å². The zero-order valence-electron chi connectivity index (χ0n) is 11.0. The number of halogens is 4. The number of hydrogen-bond acceptors (Lipinski definition) is 1. The van der Waals surface area contributed by atoms with Crippen molar-refractivity contribution in [3.8, 4) is 0 Å². The zero-order chi connectivity index (χ0) is 14.3. The van der Waals surface area contributed by atoms with E-state index in [0.717, 1.165) is 18.4 Å². The Balaban J connectivity index is 1.74. The van der Waals surface area contributed by atoms with E-state index in [0.29, 0.717) is 18.4 Å². The molecule has 3 rings (SSSR count). The Morgan fingerprint density at radius 3 is 2.60 bits per heavy atom. The Labute approximate surface area is 121 Å². The molecule has 0 amide bonds. The van der Waals surface area contributed by atoms with Gasteiger partial charge in [0.05, 0.1) is 16.3 Å². The molecule has 0 aliphatic heterocycles. The number of para-hydroxylation sites is 1. The maximum atomic E-state index is 13.0. The predicted octanol–water partition coefficient (Wildman–Crippen LogP) is 5.21. The molecular weight excluding hydrogens is 287 g/mol. The number of fused-ring (bicyclic) bond motifs is 2. The van der Waals surface area contributed by atoms with E-state index in [-0.39, 0.29) is 10.7 Å². The first kappa shape index (κ1) is 14.1. The first-order chi connectivity index (χ1) is 9.45. The maximum Gasteiger partial charge on any atom is 0.418 e. The fraction of sp³-hybridized carbons (Fsp3) is 0.600. The highest BCUT2D eigenvalue weighted by atomic mass is 35.5. The normalized spacial score (nSPS) is 28.9. The van der Waals surface area contributed by atoms with Crippen molar-refractivity contribution in [3.05, 3.63) is 28.8 Å². The van der Waals surface area contributed by atoms with E-state index in [9.17, 15) is 13.2 Å². The largest absolute Gasteiger partial charge is 0.418 e. The Morgan fingerprint density at radius 1 is 1.20 bits per heavy atom. The standard InChI is InChI=1S/C15H17ClF3N/c16-13-3-1-2-12(15(17,18)19)14(13)20-8-11-7-9-4-5-10(11)6-9/h1-3,9-11,20H,4-8H2. The summed E-state index contributed by atoms with van der Waals surface area (Å²) in [4.78, 5) is 0. The minimum Gasteiger partial charge on any atom is -0.383 e. The molecule has 2 aliphatic carbocycles. The van der Waals surface area contributed by atoms with E-state index in [1.54, 1.807) is 0 Å². The summed E-state index contributed by atoms with van der Waals surface area (Å²) in [5.41, 5.74) is -0.641. The van der Waals surface area contributed by atoms with Gasteiger partial charge in [0.1, 0.15) is 0 Å². The van der Waals surface area contributed by atoms with E-state index in [1.807, 2.05) is 0 Å². The molecule has 110 valence electrons. The monoisotopic (exact) mass is 303 g/mol. The van der Waals surface area contributed by atoms with Crippen LogP contribution in [0.15, 0.2) is 18.2 Å². The van der Waals surface area contributed by atoms with Crippen LogP contribution >= 0.6 is 11.6 Å². The lowest BCUT2D eigenvalue weighted by molar-refractivity contribution is -0.136. The minimum atomic E-state index is -4.37. The highest BCUT2D eigenvalue weighted by Crippen LogP contribution is 2.48. The van der Waals surface area contributed by atoms with Gasteiger partial charge in [0.25, 0.3) is 0 Å². The zero-order valence-corrected chi connectivity index (χ0v) is 11.8. The number of hydrogen-bond donors (Lipinski definition) is 1. The molecule has 2 fully saturated rings. The van der Waals surface area contributed by atoms with Crippen molar-refractivity contribution in [1.82, 2.24) is 0 Å². The summed E-state index contributed by atoms with van der Waals surface area (Å²) in [7, 11) is 0. The summed E-state index contributed by atoms with van der Waals surface area (Å²) >= 11 is 5.94. The molecule has 5 heteroatoms. The van der Waals surface area contributed by atoms with Gasteiger partial charge in [-0.25, -0.2) is 0 Å². The van der Waals surface area contributed by atoms with Gasteiger partial charge in [0, 0.05) is 6.54 Å². The molecule has 1 N–H and O–H groups in total. The molecule has 1 aromatic carbocycles. The summed E-state index contributed by atoms with van der Waals surface area (Å²) in [6.45, 7) is 0.591. The third-order valence-electron chi connectivity index (χ3n) is 4.74. The van der Waals surface area contributed by atoms with E-state index >= 15 is 0 Å². The first-order valence-corrected chi connectivity index (χ1v) is 7.42. The number of anilines is 1. The molecule has 0 saturated heterocycles. The van der Waals surface area contributed by atoms with Crippen LogP contribution in [-0.2, 0) is 6.18 Å². The van der Waals surface area contributed by atoms with Crippen LogP contribution in [0.5, 0.6) is 0 Å². The van der Waals surface area contributed by atoms with Crippen molar-refractivity contribution in [2.24, 2.45) is 17.8 Å². The number of rotatable bonds is 3. The van der Waals surface area contributed by atoms with Crippen LogP contribution < -0.4 is 5.32 Å². The SMILES string of the molecule is FC(F)(F)c1cccc(Cl)c1NCC1CC2CCC1C2. The van der Waals surface area contributed by atoms with Crippen molar-refractivity contribution in [2.45, 2.75) is 31.9 Å². The Morgan fingerprint density at radius 2 is 2.00 bits per heavy atom. The first-order valence-electron chi connectivity index (χ1n) is 7.04. The summed E-state index contributed by atoms with van der Waals surface area (Å²) < 4.78 is 38.9. The average molecular weight is 304 g/mol. The highest BCUT2D eigenvalue weighted by molar-refractivity contribution is 6.33. The summed E-state index contributed by atoms with van der Waals surface area (Å²) in [6, 6.07) is 3.92. The molecule has 2 bridgehead atoms. The lowest BCUT2D eigenvalue weighted by Gasteiger charge is -2.24.